The van der Waals surface area contributed by atoms with Gasteiger partial charge in [-0.1, -0.05) is 13.8 Å². The lowest BCUT2D eigenvalue weighted by Crippen LogP contribution is -2.49. The molecule has 1 unspecified atom stereocenters. The van der Waals surface area contributed by atoms with Gasteiger partial charge in [-0.25, -0.2) is 5.01 Å². The molecule has 1 rings (SSSR count). The van der Waals surface area contributed by atoms with Crippen molar-refractivity contribution in [3.8, 4) is 0 Å². The first-order valence-corrected chi connectivity index (χ1v) is 4.38. The largest absolute Gasteiger partial charge is 0.255 e. The van der Waals surface area contributed by atoms with Crippen LogP contribution in [0, 0.1) is 0 Å². The van der Waals surface area contributed by atoms with E-state index in [4.69, 9.17) is 0 Å². The van der Waals surface area contributed by atoms with Crippen LogP contribution < -0.4 is 5.43 Å². The Morgan fingerprint density at radius 1 is 1.50 bits per heavy atom. The lowest BCUT2D eigenvalue weighted by molar-refractivity contribution is 0.0883. The molecule has 0 aromatic rings. The molecule has 0 amide bonds. The summed E-state index contributed by atoms with van der Waals surface area (Å²) >= 11 is 0. The molecule has 1 atom stereocenters. The highest BCUT2D eigenvalue weighted by molar-refractivity contribution is 4.70. The van der Waals surface area contributed by atoms with Crippen LogP contribution in [0.15, 0.2) is 0 Å². The van der Waals surface area contributed by atoms with Crippen molar-refractivity contribution in [3.63, 3.8) is 0 Å². The molecule has 2 nitrogen and oxygen atoms in total. The molecule has 0 aliphatic carbocycles. The molecule has 2 heteroatoms. The van der Waals surface area contributed by atoms with Gasteiger partial charge in [0.15, 0.2) is 0 Å². The van der Waals surface area contributed by atoms with Gasteiger partial charge in [-0.05, 0) is 19.3 Å². The lowest BCUT2D eigenvalue weighted by atomic mass is 10.1. The first kappa shape index (κ1) is 8.02. The van der Waals surface area contributed by atoms with E-state index in [-0.39, 0.29) is 0 Å². The van der Waals surface area contributed by atoms with Crippen molar-refractivity contribution in [3.05, 3.63) is 0 Å². The van der Waals surface area contributed by atoms with Gasteiger partial charge in [0, 0.05) is 19.1 Å². The number of nitrogens with zero attached hydrogens (tertiary/aromatic N) is 1. The zero-order valence-corrected chi connectivity index (χ0v) is 7.06. The fourth-order valence-corrected chi connectivity index (χ4v) is 1.64. The van der Waals surface area contributed by atoms with E-state index < -0.39 is 0 Å². The summed E-state index contributed by atoms with van der Waals surface area (Å²) in [5.74, 6) is 0. The van der Waals surface area contributed by atoms with Gasteiger partial charge in [0.05, 0.1) is 0 Å². The summed E-state index contributed by atoms with van der Waals surface area (Å²) in [7, 11) is 0. The van der Waals surface area contributed by atoms with E-state index in [1.165, 1.54) is 25.8 Å². The van der Waals surface area contributed by atoms with E-state index in [9.17, 15) is 0 Å². The number of nitrogens with one attached hydrogen (secondary N) is 1. The second kappa shape index (κ2) is 3.94. The van der Waals surface area contributed by atoms with Crippen LogP contribution in [0.4, 0.5) is 0 Å². The molecule has 60 valence electrons. The highest BCUT2D eigenvalue weighted by Crippen LogP contribution is 2.12. The van der Waals surface area contributed by atoms with Gasteiger partial charge in [0.25, 0.3) is 0 Å². The van der Waals surface area contributed by atoms with Gasteiger partial charge < -0.3 is 0 Å². The topological polar surface area (TPSA) is 15.3 Å². The van der Waals surface area contributed by atoms with Crippen molar-refractivity contribution in [1.82, 2.24) is 10.4 Å². The zero-order chi connectivity index (χ0) is 7.40. The molecule has 1 saturated heterocycles. The predicted octanol–water partition coefficient (Wildman–Crippen LogP) is 1.39. The van der Waals surface area contributed by atoms with Crippen LogP contribution in [0.1, 0.15) is 33.1 Å². The highest BCUT2D eigenvalue weighted by atomic mass is 15.5. The second-order valence-electron chi connectivity index (χ2n) is 2.90. The summed E-state index contributed by atoms with van der Waals surface area (Å²) in [5, 5.41) is 2.36. The number of hydrazine groups is 1. The first-order valence-electron chi connectivity index (χ1n) is 4.38. The van der Waals surface area contributed by atoms with Gasteiger partial charge in [-0.15, -0.1) is 0 Å². The van der Waals surface area contributed by atoms with Gasteiger partial charge in [0.2, 0.25) is 0 Å². The maximum Gasteiger partial charge on any atom is 0.0241 e. The standard InChI is InChI=1S/C8H18N2/c1-3-8-6-5-7-9-10(8)4-2/h8-9H,3-7H2,1-2H3. The van der Waals surface area contributed by atoms with Crippen molar-refractivity contribution < 1.29 is 0 Å². The van der Waals surface area contributed by atoms with Crippen molar-refractivity contribution >= 4 is 0 Å². The molecule has 10 heavy (non-hydrogen) atoms. The Labute approximate surface area is 63.6 Å². The summed E-state index contributed by atoms with van der Waals surface area (Å²) in [5.41, 5.74) is 3.40. The molecular weight excluding hydrogens is 124 g/mol. The third kappa shape index (κ3) is 1.70. The minimum atomic E-state index is 0.791. The molecule has 0 saturated carbocycles. The summed E-state index contributed by atoms with van der Waals surface area (Å²) in [6.45, 7) is 6.78. The maximum absolute atomic E-state index is 3.40. The van der Waals surface area contributed by atoms with Gasteiger partial charge in [-0.2, -0.15) is 0 Å². The smallest absolute Gasteiger partial charge is 0.0241 e. The Morgan fingerprint density at radius 2 is 2.30 bits per heavy atom. The van der Waals surface area contributed by atoms with Crippen LogP contribution in [-0.4, -0.2) is 24.1 Å². The average Bonchev–Trinajstić information content (AvgIpc) is 2.04. The molecular formula is C8H18N2. The number of hydrogen-bond acceptors (Lipinski definition) is 2. The maximum atomic E-state index is 3.40. The van der Waals surface area contributed by atoms with E-state index in [0.29, 0.717) is 0 Å². The molecule has 0 radical (unpaired) electrons. The third-order valence-electron chi connectivity index (χ3n) is 2.28. The van der Waals surface area contributed by atoms with Crippen LogP contribution >= 0.6 is 0 Å². The van der Waals surface area contributed by atoms with Crippen molar-refractivity contribution in [2.24, 2.45) is 0 Å². The normalized spacial score (nSPS) is 28.8. The lowest BCUT2D eigenvalue weighted by Gasteiger charge is -2.34. The Hall–Kier alpha value is -0.0800. The number of rotatable bonds is 2. The summed E-state index contributed by atoms with van der Waals surface area (Å²) in [4.78, 5) is 0. The Kier molecular flexibility index (Phi) is 3.16. The SMILES string of the molecule is CCC1CCCNN1CC. The van der Waals surface area contributed by atoms with E-state index in [2.05, 4.69) is 24.3 Å². The molecule has 1 N–H and O–H groups in total. The van der Waals surface area contributed by atoms with Gasteiger partial charge in [-0.3, -0.25) is 5.43 Å². The van der Waals surface area contributed by atoms with E-state index in [1.54, 1.807) is 0 Å². The van der Waals surface area contributed by atoms with E-state index >= 15 is 0 Å². The minimum Gasteiger partial charge on any atom is -0.255 e. The zero-order valence-electron chi connectivity index (χ0n) is 7.06. The summed E-state index contributed by atoms with van der Waals surface area (Å²) in [6, 6.07) is 0.791. The van der Waals surface area contributed by atoms with E-state index in [0.717, 1.165) is 12.6 Å². The average molecular weight is 142 g/mol. The molecule has 1 aliphatic heterocycles. The molecule has 0 aromatic heterocycles. The van der Waals surface area contributed by atoms with Crippen LogP contribution in [0.2, 0.25) is 0 Å². The summed E-state index contributed by atoms with van der Waals surface area (Å²) < 4.78 is 0. The Bertz CT molecular complexity index is 81.3. The molecule has 0 spiro atoms. The quantitative estimate of drug-likeness (QED) is 0.626. The van der Waals surface area contributed by atoms with E-state index in [1.807, 2.05) is 0 Å². The van der Waals surface area contributed by atoms with Gasteiger partial charge in [0.1, 0.15) is 0 Å². The monoisotopic (exact) mass is 142 g/mol. The van der Waals surface area contributed by atoms with Crippen LogP contribution in [0.25, 0.3) is 0 Å². The van der Waals surface area contributed by atoms with Crippen LogP contribution in [0.3, 0.4) is 0 Å². The second-order valence-corrected chi connectivity index (χ2v) is 2.90. The highest BCUT2D eigenvalue weighted by Gasteiger charge is 2.17. The van der Waals surface area contributed by atoms with Crippen LogP contribution in [-0.2, 0) is 0 Å². The van der Waals surface area contributed by atoms with Crippen molar-refractivity contribution in [2.75, 3.05) is 13.1 Å². The van der Waals surface area contributed by atoms with Gasteiger partial charge >= 0.3 is 0 Å². The molecule has 1 fully saturated rings. The Balaban J connectivity index is 2.34. The molecule has 0 aromatic carbocycles. The minimum absolute atomic E-state index is 0.791. The fraction of sp³-hybridized carbons (Fsp3) is 1.00. The van der Waals surface area contributed by atoms with Crippen LogP contribution in [0.5, 0.6) is 0 Å². The Morgan fingerprint density at radius 3 is 2.80 bits per heavy atom. The first-order chi connectivity index (χ1) is 4.88. The molecule has 0 bridgehead atoms. The molecule has 1 aliphatic rings. The molecule has 1 heterocycles. The number of hydrogen-bond donors (Lipinski definition) is 1. The van der Waals surface area contributed by atoms with Crippen molar-refractivity contribution in [1.29, 1.82) is 0 Å². The predicted molar refractivity (Wildman–Crippen MR) is 43.7 cm³/mol. The fourth-order valence-electron chi connectivity index (χ4n) is 1.64. The summed E-state index contributed by atoms with van der Waals surface area (Å²) in [6.07, 6.45) is 3.99. The third-order valence-corrected chi connectivity index (χ3v) is 2.28. The van der Waals surface area contributed by atoms with Crippen molar-refractivity contribution in [2.45, 2.75) is 39.2 Å².